The molecule has 1 heterocycles. The zero-order valence-corrected chi connectivity index (χ0v) is 8.32. The normalized spacial score (nSPS) is 15.4. The molecular weight excluding hydrogens is 182 g/mol. The van der Waals surface area contributed by atoms with Crippen molar-refractivity contribution in [2.24, 2.45) is 11.7 Å². The second-order valence-corrected chi connectivity index (χ2v) is 3.75. The standard InChI is InChI=1S/C9H15N3O2/c1-6(2)9(10,8(13)14)3-7-4-11-5-12-7/h4-6H,3,10H2,1-2H3,(H,11,12)(H,13,14)/t9-/m1/s1. The first-order valence-corrected chi connectivity index (χ1v) is 4.46. The Kier molecular flexibility index (Phi) is 2.90. The number of aromatic nitrogens is 2. The van der Waals surface area contributed by atoms with Crippen molar-refractivity contribution in [3.05, 3.63) is 18.2 Å². The van der Waals surface area contributed by atoms with Crippen LogP contribution in [-0.2, 0) is 11.2 Å². The number of aromatic amines is 1. The molecule has 0 fully saturated rings. The van der Waals surface area contributed by atoms with E-state index in [2.05, 4.69) is 9.97 Å². The van der Waals surface area contributed by atoms with Gasteiger partial charge in [-0.1, -0.05) is 13.8 Å². The number of nitrogens with two attached hydrogens (primary N) is 1. The molecule has 5 heteroatoms. The van der Waals surface area contributed by atoms with Crippen molar-refractivity contribution >= 4 is 5.97 Å². The van der Waals surface area contributed by atoms with Gasteiger partial charge in [0.2, 0.25) is 0 Å². The number of nitrogens with one attached hydrogen (secondary N) is 1. The fourth-order valence-corrected chi connectivity index (χ4v) is 1.22. The molecule has 78 valence electrons. The molecule has 0 aliphatic heterocycles. The first-order valence-electron chi connectivity index (χ1n) is 4.46. The van der Waals surface area contributed by atoms with E-state index in [-0.39, 0.29) is 12.3 Å². The molecule has 0 aliphatic rings. The number of carbonyl (C=O) groups is 1. The summed E-state index contributed by atoms with van der Waals surface area (Å²) in [5, 5.41) is 9.04. The molecule has 1 aromatic rings. The first-order chi connectivity index (χ1) is 6.47. The molecule has 0 aliphatic carbocycles. The van der Waals surface area contributed by atoms with Crippen molar-refractivity contribution in [2.45, 2.75) is 25.8 Å². The highest BCUT2D eigenvalue weighted by molar-refractivity contribution is 5.79. The Labute approximate surface area is 82.3 Å². The van der Waals surface area contributed by atoms with E-state index >= 15 is 0 Å². The minimum Gasteiger partial charge on any atom is -0.480 e. The second-order valence-electron chi connectivity index (χ2n) is 3.75. The molecule has 0 amide bonds. The molecule has 0 saturated heterocycles. The number of rotatable bonds is 4. The Hall–Kier alpha value is -1.36. The topological polar surface area (TPSA) is 92.0 Å². The highest BCUT2D eigenvalue weighted by Gasteiger charge is 2.37. The van der Waals surface area contributed by atoms with Gasteiger partial charge in [0.15, 0.2) is 0 Å². The Bertz CT molecular complexity index is 308. The Morgan fingerprint density at radius 1 is 1.79 bits per heavy atom. The van der Waals surface area contributed by atoms with Gasteiger partial charge in [-0.15, -0.1) is 0 Å². The first kappa shape index (κ1) is 10.7. The maximum Gasteiger partial charge on any atom is 0.324 e. The SMILES string of the molecule is CC(C)[C@](N)(Cc1cnc[nH]1)C(=O)O. The van der Waals surface area contributed by atoms with Crippen molar-refractivity contribution < 1.29 is 9.90 Å². The van der Waals surface area contributed by atoms with Crippen LogP contribution < -0.4 is 5.73 Å². The summed E-state index contributed by atoms with van der Waals surface area (Å²) in [6.07, 6.45) is 3.37. The van der Waals surface area contributed by atoms with Gasteiger partial charge in [-0.25, -0.2) is 4.98 Å². The largest absolute Gasteiger partial charge is 0.480 e. The van der Waals surface area contributed by atoms with E-state index in [9.17, 15) is 4.79 Å². The number of H-pyrrole nitrogens is 1. The Morgan fingerprint density at radius 2 is 2.43 bits per heavy atom. The van der Waals surface area contributed by atoms with Gasteiger partial charge in [0.25, 0.3) is 0 Å². The van der Waals surface area contributed by atoms with Crippen LogP contribution in [0.2, 0.25) is 0 Å². The van der Waals surface area contributed by atoms with E-state index in [4.69, 9.17) is 10.8 Å². The zero-order valence-electron chi connectivity index (χ0n) is 8.32. The minimum absolute atomic E-state index is 0.136. The van der Waals surface area contributed by atoms with E-state index in [0.717, 1.165) is 5.69 Å². The molecule has 14 heavy (non-hydrogen) atoms. The van der Waals surface area contributed by atoms with Crippen molar-refractivity contribution in [1.29, 1.82) is 0 Å². The summed E-state index contributed by atoms with van der Waals surface area (Å²) in [6, 6.07) is 0. The number of nitrogens with zero attached hydrogens (tertiary/aromatic N) is 1. The molecule has 4 N–H and O–H groups in total. The molecule has 0 aromatic carbocycles. The smallest absolute Gasteiger partial charge is 0.324 e. The van der Waals surface area contributed by atoms with Crippen molar-refractivity contribution in [3.63, 3.8) is 0 Å². The molecule has 0 bridgehead atoms. The monoisotopic (exact) mass is 197 g/mol. The van der Waals surface area contributed by atoms with Gasteiger partial charge in [-0.05, 0) is 5.92 Å². The van der Waals surface area contributed by atoms with Crippen LogP contribution in [0.25, 0.3) is 0 Å². The van der Waals surface area contributed by atoms with Gasteiger partial charge < -0.3 is 15.8 Å². The lowest BCUT2D eigenvalue weighted by Gasteiger charge is -2.28. The van der Waals surface area contributed by atoms with Crippen LogP contribution in [0.15, 0.2) is 12.5 Å². The molecular formula is C9H15N3O2. The molecule has 5 nitrogen and oxygen atoms in total. The van der Waals surface area contributed by atoms with Gasteiger partial charge in [-0.3, -0.25) is 4.79 Å². The number of imidazole rings is 1. The fraction of sp³-hybridized carbons (Fsp3) is 0.556. The van der Waals surface area contributed by atoms with Gasteiger partial charge in [0.1, 0.15) is 5.54 Å². The molecule has 1 atom stereocenters. The third-order valence-electron chi connectivity index (χ3n) is 2.47. The highest BCUT2D eigenvalue weighted by Crippen LogP contribution is 2.18. The van der Waals surface area contributed by atoms with E-state index in [1.54, 1.807) is 20.0 Å². The number of carboxylic acid groups (broad SMARTS) is 1. The maximum atomic E-state index is 11.0. The number of carboxylic acids is 1. The highest BCUT2D eigenvalue weighted by atomic mass is 16.4. The Morgan fingerprint density at radius 3 is 2.79 bits per heavy atom. The number of aliphatic carboxylic acids is 1. The van der Waals surface area contributed by atoms with Crippen LogP contribution in [0, 0.1) is 5.92 Å². The van der Waals surface area contributed by atoms with Crippen molar-refractivity contribution in [1.82, 2.24) is 9.97 Å². The summed E-state index contributed by atoms with van der Waals surface area (Å²) in [5.41, 5.74) is 5.34. The summed E-state index contributed by atoms with van der Waals surface area (Å²) in [5.74, 6) is -1.12. The van der Waals surface area contributed by atoms with Gasteiger partial charge >= 0.3 is 5.97 Å². The average Bonchev–Trinajstić information content (AvgIpc) is 2.55. The van der Waals surface area contributed by atoms with Crippen LogP contribution in [0.3, 0.4) is 0 Å². The van der Waals surface area contributed by atoms with Crippen molar-refractivity contribution in [3.8, 4) is 0 Å². The van der Waals surface area contributed by atoms with Crippen LogP contribution >= 0.6 is 0 Å². The molecule has 0 unspecified atom stereocenters. The summed E-state index contributed by atoms with van der Waals surface area (Å²) < 4.78 is 0. The van der Waals surface area contributed by atoms with Crippen LogP contribution in [0.4, 0.5) is 0 Å². The maximum absolute atomic E-state index is 11.0. The van der Waals surface area contributed by atoms with E-state index < -0.39 is 11.5 Å². The van der Waals surface area contributed by atoms with E-state index in [0.29, 0.717) is 0 Å². The van der Waals surface area contributed by atoms with Gasteiger partial charge in [-0.2, -0.15) is 0 Å². The summed E-state index contributed by atoms with van der Waals surface area (Å²) in [7, 11) is 0. The lowest BCUT2D eigenvalue weighted by atomic mass is 9.83. The van der Waals surface area contributed by atoms with Gasteiger partial charge in [0.05, 0.1) is 6.33 Å². The summed E-state index contributed by atoms with van der Waals surface area (Å²) in [4.78, 5) is 17.7. The van der Waals surface area contributed by atoms with E-state index in [1.807, 2.05) is 0 Å². The molecule has 0 spiro atoms. The fourth-order valence-electron chi connectivity index (χ4n) is 1.22. The number of hydrogen-bond donors (Lipinski definition) is 3. The molecule has 1 aromatic heterocycles. The summed E-state index contributed by atoms with van der Waals surface area (Å²) >= 11 is 0. The summed E-state index contributed by atoms with van der Waals surface area (Å²) in [6.45, 7) is 3.59. The average molecular weight is 197 g/mol. The van der Waals surface area contributed by atoms with E-state index in [1.165, 1.54) is 6.33 Å². The molecule has 0 saturated carbocycles. The quantitative estimate of drug-likeness (QED) is 0.651. The lowest BCUT2D eigenvalue weighted by molar-refractivity contribution is -0.145. The van der Waals surface area contributed by atoms with Gasteiger partial charge in [0, 0.05) is 18.3 Å². The predicted molar refractivity (Wildman–Crippen MR) is 51.7 cm³/mol. The van der Waals surface area contributed by atoms with Crippen molar-refractivity contribution in [2.75, 3.05) is 0 Å². The molecule has 0 radical (unpaired) electrons. The third-order valence-corrected chi connectivity index (χ3v) is 2.47. The third kappa shape index (κ3) is 1.93. The van der Waals surface area contributed by atoms with Crippen LogP contribution in [0.1, 0.15) is 19.5 Å². The predicted octanol–water partition coefficient (Wildman–Crippen LogP) is 0.390. The number of hydrogen-bond acceptors (Lipinski definition) is 3. The minimum atomic E-state index is -1.23. The second kappa shape index (κ2) is 3.79. The van der Waals surface area contributed by atoms with Crippen LogP contribution in [0.5, 0.6) is 0 Å². The lowest BCUT2D eigenvalue weighted by Crippen LogP contribution is -2.54. The van der Waals surface area contributed by atoms with Crippen LogP contribution in [-0.4, -0.2) is 26.6 Å². The zero-order chi connectivity index (χ0) is 10.8. The Balaban J connectivity index is 2.85. The molecule has 1 rings (SSSR count).